The Morgan fingerprint density at radius 1 is 1.25 bits per heavy atom. The highest BCUT2D eigenvalue weighted by Crippen LogP contribution is 2.21. The summed E-state index contributed by atoms with van der Waals surface area (Å²) in [5.41, 5.74) is 6.85. The maximum absolute atomic E-state index is 12.2. The van der Waals surface area contributed by atoms with Crippen LogP contribution in [-0.4, -0.2) is 12.5 Å². The average Bonchev–Trinajstić information content (AvgIpc) is 2.44. The Labute approximate surface area is 122 Å². The predicted molar refractivity (Wildman–Crippen MR) is 84.2 cm³/mol. The minimum absolute atomic E-state index is 0.0963. The number of hydrogen-bond acceptors (Lipinski definition) is 2. The third-order valence-corrected chi connectivity index (χ3v) is 3.63. The molecule has 0 aliphatic rings. The summed E-state index contributed by atoms with van der Waals surface area (Å²) in [5, 5.41) is 3.17. The molecule has 0 aromatic heterocycles. The molecule has 1 amide bonds. The molecule has 2 atom stereocenters. The number of benzene rings is 1. The number of carbonyl (C=O) groups is 1. The van der Waals surface area contributed by atoms with Gasteiger partial charge in [-0.25, -0.2) is 0 Å². The van der Waals surface area contributed by atoms with E-state index in [2.05, 4.69) is 38.2 Å². The second-order valence-electron chi connectivity index (χ2n) is 5.87. The number of nitrogens with one attached hydrogen (secondary N) is 1. The summed E-state index contributed by atoms with van der Waals surface area (Å²) in [6.07, 6.45) is 2.42. The molecule has 0 aliphatic carbocycles. The van der Waals surface area contributed by atoms with Crippen LogP contribution in [0.25, 0.3) is 0 Å². The molecule has 2 unspecified atom stereocenters. The van der Waals surface area contributed by atoms with Crippen LogP contribution in [0.4, 0.5) is 0 Å². The van der Waals surface area contributed by atoms with E-state index in [1.807, 2.05) is 18.2 Å². The molecular formula is C17H28N2O. The molecule has 0 spiro atoms. The number of rotatable bonds is 8. The predicted octanol–water partition coefficient (Wildman–Crippen LogP) is 3.27. The first-order valence-corrected chi connectivity index (χ1v) is 7.61. The molecule has 0 heterocycles. The molecule has 0 radical (unpaired) electrons. The highest BCUT2D eigenvalue weighted by atomic mass is 16.1. The van der Waals surface area contributed by atoms with E-state index in [4.69, 9.17) is 5.73 Å². The van der Waals surface area contributed by atoms with Crippen molar-refractivity contribution >= 4 is 5.91 Å². The molecule has 20 heavy (non-hydrogen) atoms. The van der Waals surface area contributed by atoms with E-state index in [1.165, 1.54) is 5.56 Å². The molecule has 0 saturated heterocycles. The summed E-state index contributed by atoms with van der Waals surface area (Å²) >= 11 is 0. The van der Waals surface area contributed by atoms with Crippen LogP contribution >= 0.6 is 0 Å². The van der Waals surface area contributed by atoms with Gasteiger partial charge in [-0.2, -0.15) is 0 Å². The van der Waals surface area contributed by atoms with Crippen LogP contribution in [-0.2, 0) is 4.79 Å². The third kappa shape index (κ3) is 5.74. The van der Waals surface area contributed by atoms with Crippen LogP contribution in [0.1, 0.15) is 51.6 Å². The zero-order valence-corrected chi connectivity index (χ0v) is 12.9. The number of nitrogens with two attached hydrogens (primary N) is 1. The lowest BCUT2D eigenvalue weighted by atomic mass is 9.96. The summed E-state index contributed by atoms with van der Waals surface area (Å²) in [5.74, 6) is 0.930. The molecule has 3 N–H and O–H groups in total. The zero-order chi connectivity index (χ0) is 15.0. The Morgan fingerprint density at radius 2 is 1.90 bits per heavy atom. The summed E-state index contributed by atoms with van der Waals surface area (Å²) in [4.78, 5) is 12.2. The van der Waals surface area contributed by atoms with Crippen molar-refractivity contribution in [1.29, 1.82) is 0 Å². The monoisotopic (exact) mass is 276 g/mol. The smallest absolute Gasteiger partial charge is 0.220 e. The van der Waals surface area contributed by atoms with Crippen molar-refractivity contribution < 1.29 is 4.79 Å². The van der Waals surface area contributed by atoms with E-state index >= 15 is 0 Å². The summed E-state index contributed by atoms with van der Waals surface area (Å²) < 4.78 is 0. The first kappa shape index (κ1) is 16.7. The van der Waals surface area contributed by atoms with Crippen molar-refractivity contribution in [1.82, 2.24) is 5.32 Å². The van der Waals surface area contributed by atoms with E-state index < -0.39 is 0 Å². The standard InChI is InChI=1S/C17H28N2O/c1-4-14(12-18)11-17(20)19-16(10-13(2)3)15-8-6-5-7-9-15/h5-9,13-14,16H,4,10-12,18H2,1-3H3,(H,19,20). The van der Waals surface area contributed by atoms with E-state index in [0.29, 0.717) is 18.9 Å². The van der Waals surface area contributed by atoms with Crippen molar-refractivity contribution in [2.24, 2.45) is 17.6 Å². The maximum Gasteiger partial charge on any atom is 0.220 e. The van der Waals surface area contributed by atoms with Crippen molar-refractivity contribution in [2.75, 3.05) is 6.54 Å². The second-order valence-corrected chi connectivity index (χ2v) is 5.87. The van der Waals surface area contributed by atoms with Gasteiger partial charge in [-0.3, -0.25) is 4.79 Å². The largest absolute Gasteiger partial charge is 0.349 e. The Kier molecular flexibility index (Phi) is 7.31. The minimum Gasteiger partial charge on any atom is -0.349 e. The van der Waals surface area contributed by atoms with Crippen molar-refractivity contribution in [3.63, 3.8) is 0 Å². The zero-order valence-electron chi connectivity index (χ0n) is 12.9. The van der Waals surface area contributed by atoms with Gasteiger partial charge < -0.3 is 11.1 Å². The summed E-state index contributed by atoms with van der Waals surface area (Å²) in [7, 11) is 0. The Bertz CT molecular complexity index is 385. The van der Waals surface area contributed by atoms with Gasteiger partial charge in [-0.15, -0.1) is 0 Å². The quantitative estimate of drug-likeness (QED) is 0.765. The fraction of sp³-hybridized carbons (Fsp3) is 0.588. The van der Waals surface area contributed by atoms with E-state index in [0.717, 1.165) is 12.8 Å². The van der Waals surface area contributed by atoms with Gasteiger partial charge in [0.25, 0.3) is 0 Å². The number of amides is 1. The summed E-state index contributed by atoms with van der Waals surface area (Å²) in [6, 6.07) is 10.3. The minimum atomic E-state index is 0.0963. The van der Waals surface area contributed by atoms with Gasteiger partial charge in [0.1, 0.15) is 0 Å². The molecule has 3 heteroatoms. The lowest BCUT2D eigenvalue weighted by Crippen LogP contribution is -2.32. The van der Waals surface area contributed by atoms with Crippen molar-refractivity contribution in [2.45, 2.75) is 46.1 Å². The molecule has 112 valence electrons. The van der Waals surface area contributed by atoms with E-state index in [9.17, 15) is 4.79 Å². The van der Waals surface area contributed by atoms with Gasteiger partial charge in [-0.05, 0) is 30.4 Å². The van der Waals surface area contributed by atoms with Gasteiger partial charge in [-0.1, -0.05) is 57.5 Å². The van der Waals surface area contributed by atoms with Crippen molar-refractivity contribution in [3.8, 4) is 0 Å². The Balaban J connectivity index is 2.68. The molecule has 0 saturated carbocycles. The highest BCUT2D eigenvalue weighted by molar-refractivity contribution is 5.76. The third-order valence-electron chi connectivity index (χ3n) is 3.63. The van der Waals surface area contributed by atoms with Crippen LogP contribution in [0.3, 0.4) is 0 Å². The second kappa shape index (κ2) is 8.75. The van der Waals surface area contributed by atoms with E-state index in [1.54, 1.807) is 0 Å². The number of carbonyl (C=O) groups excluding carboxylic acids is 1. The maximum atomic E-state index is 12.2. The SMILES string of the molecule is CCC(CN)CC(=O)NC(CC(C)C)c1ccccc1. The van der Waals surface area contributed by atoms with Gasteiger partial charge in [0.15, 0.2) is 0 Å². The topological polar surface area (TPSA) is 55.1 Å². The van der Waals surface area contributed by atoms with E-state index in [-0.39, 0.29) is 17.9 Å². The van der Waals surface area contributed by atoms with Gasteiger partial charge in [0, 0.05) is 6.42 Å². The molecule has 0 aliphatic heterocycles. The van der Waals surface area contributed by atoms with Gasteiger partial charge >= 0.3 is 0 Å². The molecule has 1 rings (SSSR count). The lowest BCUT2D eigenvalue weighted by Gasteiger charge is -2.22. The highest BCUT2D eigenvalue weighted by Gasteiger charge is 2.17. The van der Waals surface area contributed by atoms with Crippen LogP contribution in [0.15, 0.2) is 30.3 Å². The molecule has 1 aromatic carbocycles. The lowest BCUT2D eigenvalue weighted by molar-refractivity contribution is -0.122. The first-order valence-electron chi connectivity index (χ1n) is 7.61. The van der Waals surface area contributed by atoms with Gasteiger partial charge in [0.05, 0.1) is 6.04 Å². The van der Waals surface area contributed by atoms with Crippen LogP contribution < -0.4 is 11.1 Å². The molecule has 0 fully saturated rings. The van der Waals surface area contributed by atoms with Crippen LogP contribution in [0, 0.1) is 11.8 Å². The Morgan fingerprint density at radius 3 is 2.40 bits per heavy atom. The summed E-state index contributed by atoms with van der Waals surface area (Å²) in [6.45, 7) is 7.01. The molecule has 3 nitrogen and oxygen atoms in total. The molecular weight excluding hydrogens is 248 g/mol. The van der Waals surface area contributed by atoms with Crippen LogP contribution in [0.5, 0.6) is 0 Å². The average molecular weight is 276 g/mol. The molecule has 1 aromatic rings. The fourth-order valence-electron chi connectivity index (χ4n) is 2.34. The van der Waals surface area contributed by atoms with Crippen LogP contribution in [0.2, 0.25) is 0 Å². The first-order chi connectivity index (χ1) is 9.56. The van der Waals surface area contributed by atoms with Crippen molar-refractivity contribution in [3.05, 3.63) is 35.9 Å². The van der Waals surface area contributed by atoms with Gasteiger partial charge in [0.2, 0.25) is 5.91 Å². The fourth-order valence-corrected chi connectivity index (χ4v) is 2.34. The Hall–Kier alpha value is -1.35. The normalized spacial score (nSPS) is 14.1. The number of hydrogen-bond donors (Lipinski definition) is 2. The molecule has 0 bridgehead atoms.